The van der Waals surface area contributed by atoms with Gasteiger partial charge in [-0.15, -0.1) is 0 Å². The molecule has 62 heavy (non-hydrogen) atoms. The lowest BCUT2D eigenvalue weighted by Gasteiger charge is -2.36. The first kappa shape index (κ1) is 35.9. The molecule has 10 aromatic carbocycles. The van der Waals surface area contributed by atoms with Crippen molar-refractivity contribution in [3.05, 3.63) is 271 Å². The second-order valence-electron chi connectivity index (χ2n) is 16.4. The van der Waals surface area contributed by atoms with E-state index >= 15 is 0 Å². The zero-order valence-corrected chi connectivity index (χ0v) is 34.1. The summed E-state index contributed by atoms with van der Waals surface area (Å²) in [7, 11) is 0. The molecule has 12 rings (SSSR count). The molecule has 0 radical (unpaired) electrons. The maximum absolute atomic E-state index is 2.56. The van der Waals surface area contributed by atoms with Crippen LogP contribution in [0.5, 0.6) is 0 Å². The lowest BCUT2D eigenvalue weighted by molar-refractivity contribution is 0.793. The summed E-state index contributed by atoms with van der Waals surface area (Å²) in [5, 5.41) is 0. The average molecular weight is 788 g/mol. The highest BCUT2D eigenvalue weighted by atomic mass is 15.1. The normalized spacial score (nSPS) is 12.6. The smallest absolute Gasteiger partial charge is 0.0746 e. The van der Waals surface area contributed by atoms with Crippen molar-refractivity contribution in [3.63, 3.8) is 0 Å². The van der Waals surface area contributed by atoms with Crippen LogP contribution >= 0.6 is 0 Å². The van der Waals surface area contributed by atoms with Crippen LogP contribution in [0.3, 0.4) is 0 Å². The van der Waals surface area contributed by atoms with Gasteiger partial charge in [0.05, 0.1) is 11.1 Å². The maximum Gasteiger partial charge on any atom is 0.0746 e. The van der Waals surface area contributed by atoms with Crippen molar-refractivity contribution in [1.82, 2.24) is 0 Å². The van der Waals surface area contributed by atoms with Gasteiger partial charge in [-0.1, -0.05) is 206 Å². The number of rotatable bonds is 7. The highest BCUT2D eigenvalue weighted by Gasteiger charge is 2.53. The van der Waals surface area contributed by atoms with Crippen LogP contribution in [0, 0.1) is 0 Å². The monoisotopic (exact) mass is 787 g/mol. The molecule has 0 amide bonds. The minimum atomic E-state index is -0.549. The number of fused-ring (bicyclic) bond motifs is 10. The fraction of sp³-hybridized carbons (Fsp3) is 0.0164. The molecule has 1 spiro atoms. The molecule has 0 saturated carbocycles. The Hall–Kier alpha value is -8.00. The van der Waals surface area contributed by atoms with Gasteiger partial charge in [-0.3, -0.25) is 0 Å². The molecular weight excluding hydrogens is 747 g/mol. The average Bonchev–Trinajstić information content (AvgIpc) is 3.83. The molecule has 0 saturated heterocycles. The molecule has 0 atom stereocenters. The van der Waals surface area contributed by atoms with Crippen LogP contribution in [0.1, 0.15) is 22.3 Å². The zero-order valence-electron chi connectivity index (χ0n) is 34.1. The van der Waals surface area contributed by atoms with Crippen LogP contribution in [0.25, 0.3) is 66.8 Å². The first-order valence-electron chi connectivity index (χ1n) is 21.5. The Morgan fingerprint density at radius 2 is 0.548 bits per heavy atom. The van der Waals surface area contributed by atoms with Gasteiger partial charge >= 0.3 is 0 Å². The molecule has 0 aromatic heterocycles. The number of hydrogen-bond donors (Lipinski definition) is 0. The van der Waals surface area contributed by atoms with Crippen molar-refractivity contribution < 1.29 is 0 Å². The van der Waals surface area contributed by atoms with E-state index in [1.165, 1.54) is 66.8 Å². The molecule has 2 aliphatic rings. The predicted molar refractivity (Wildman–Crippen MR) is 259 cm³/mol. The summed E-state index contributed by atoms with van der Waals surface area (Å²) in [4.78, 5) is 2.56. The second kappa shape index (κ2) is 14.6. The van der Waals surface area contributed by atoms with E-state index in [0.29, 0.717) is 0 Å². The Bertz CT molecular complexity index is 2970. The van der Waals surface area contributed by atoms with E-state index in [1.54, 1.807) is 0 Å². The van der Waals surface area contributed by atoms with Gasteiger partial charge in [-0.05, 0) is 126 Å². The Kier molecular flexibility index (Phi) is 8.47. The molecule has 1 heteroatoms. The number of benzene rings is 10. The standard InChI is InChI=1S/C61H41N/c1-5-20-42(21-6-1)46-36-47(43-22-7-2-8-23-43)39-50(38-46)62(51-40-48(44-24-9-3-10-25-44)37-49(41-51)45-26-11-4-12-27-45)59-35-19-31-55-54-30-15-18-34-58(54)61(60(55)59)56-32-16-13-28-52(56)53-29-14-17-33-57(53)61/h1-41H. The summed E-state index contributed by atoms with van der Waals surface area (Å²) >= 11 is 0. The van der Waals surface area contributed by atoms with Crippen LogP contribution in [0.15, 0.2) is 249 Å². The van der Waals surface area contributed by atoms with Crippen molar-refractivity contribution in [2.24, 2.45) is 0 Å². The van der Waals surface area contributed by atoms with E-state index in [9.17, 15) is 0 Å². The van der Waals surface area contributed by atoms with Gasteiger partial charge in [0.1, 0.15) is 0 Å². The SMILES string of the molecule is c1ccc(-c2cc(-c3ccccc3)cc(N(c3cc(-c4ccccc4)cc(-c4ccccc4)c3)c3cccc4c3C3(c5ccccc5-c5ccccc53)c3ccccc3-4)c2)cc1. The molecule has 290 valence electrons. The predicted octanol–water partition coefficient (Wildman–Crippen LogP) is 16.2. The van der Waals surface area contributed by atoms with Gasteiger partial charge in [-0.2, -0.15) is 0 Å². The van der Waals surface area contributed by atoms with Crippen LogP contribution in [0.4, 0.5) is 17.1 Å². The van der Waals surface area contributed by atoms with Crippen LogP contribution in [0.2, 0.25) is 0 Å². The Labute approximate surface area is 363 Å². The van der Waals surface area contributed by atoms with Gasteiger partial charge in [0.2, 0.25) is 0 Å². The van der Waals surface area contributed by atoms with E-state index in [4.69, 9.17) is 0 Å². The summed E-state index contributed by atoms with van der Waals surface area (Å²) in [6.07, 6.45) is 0. The quantitative estimate of drug-likeness (QED) is 0.155. The molecule has 0 bridgehead atoms. The zero-order chi connectivity index (χ0) is 41.0. The molecule has 0 fully saturated rings. The fourth-order valence-electron chi connectivity index (χ4n) is 10.4. The van der Waals surface area contributed by atoms with Crippen molar-refractivity contribution >= 4 is 17.1 Å². The molecule has 0 heterocycles. The van der Waals surface area contributed by atoms with E-state index < -0.39 is 5.41 Å². The molecule has 0 aliphatic heterocycles. The number of nitrogens with zero attached hydrogens (tertiary/aromatic N) is 1. The minimum Gasteiger partial charge on any atom is -0.310 e. The fourth-order valence-corrected chi connectivity index (χ4v) is 10.4. The molecule has 10 aromatic rings. The topological polar surface area (TPSA) is 3.24 Å². The number of anilines is 3. The lowest BCUT2D eigenvalue weighted by atomic mass is 9.70. The lowest BCUT2D eigenvalue weighted by Crippen LogP contribution is -2.28. The minimum absolute atomic E-state index is 0.549. The van der Waals surface area contributed by atoms with Crippen molar-refractivity contribution in [1.29, 1.82) is 0 Å². The summed E-state index contributed by atoms with van der Waals surface area (Å²) in [6.45, 7) is 0. The van der Waals surface area contributed by atoms with Crippen molar-refractivity contribution in [2.45, 2.75) is 5.41 Å². The third-order valence-electron chi connectivity index (χ3n) is 13.0. The summed E-state index contributed by atoms with van der Waals surface area (Å²) in [5.74, 6) is 0. The van der Waals surface area contributed by atoms with Crippen molar-refractivity contribution in [2.75, 3.05) is 4.90 Å². The maximum atomic E-state index is 2.56. The first-order chi connectivity index (χ1) is 30.8. The molecule has 1 nitrogen and oxygen atoms in total. The third-order valence-corrected chi connectivity index (χ3v) is 13.0. The number of hydrogen-bond acceptors (Lipinski definition) is 1. The summed E-state index contributed by atoms with van der Waals surface area (Å²) in [6, 6.07) is 91.8. The van der Waals surface area contributed by atoms with Gasteiger partial charge < -0.3 is 4.90 Å². The third kappa shape index (κ3) is 5.63. The van der Waals surface area contributed by atoms with E-state index in [0.717, 1.165) is 39.3 Å². The van der Waals surface area contributed by atoms with Crippen LogP contribution in [-0.2, 0) is 5.41 Å². The second-order valence-corrected chi connectivity index (χ2v) is 16.4. The van der Waals surface area contributed by atoms with Gasteiger partial charge in [0, 0.05) is 16.9 Å². The Morgan fingerprint density at radius 1 is 0.242 bits per heavy atom. The van der Waals surface area contributed by atoms with Gasteiger partial charge in [0.25, 0.3) is 0 Å². The molecule has 0 N–H and O–H groups in total. The van der Waals surface area contributed by atoms with Crippen LogP contribution in [-0.4, -0.2) is 0 Å². The highest BCUT2D eigenvalue weighted by Crippen LogP contribution is 2.65. The van der Waals surface area contributed by atoms with Gasteiger partial charge in [0.15, 0.2) is 0 Å². The highest BCUT2D eigenvalue weighted by molar-refractivity contribution is 6.00. The Morgan fingerprint density at radius 3 is 0.919 bits per heavy atom. The Balaban J connectivity index is 1.22. The van der Waals surface area contributed by atoms with E-state index in [-0.39, 0.29) is 0 Å². The largest absolute Gasteiger partial charge is 0.310 e. The van der Waals surface area contributed by atoms with E-state index in [2.05, 4.69) is 254 Å². The van der Waals surface area contributed by atoms with Crippen molar-refractivity contribution in [3.8, 4) is 66.8 Å². The summed E-state index contributed by atoms with van der Waals surface area (Å²) < 4.78 is 0. The van der Waals surface area contributed by atoms with Gasteiger partial charge in [-0.25, -0.2) is 0 Å². The summed E-state index contributed by atoms with van der Waals surface area (Å²) in [5.41, 5.74) is 22.6. The molecular formula is C61H41N. The van der Waals surface area contributed by atoms with E-state index in [1.807, 2.05) is 0 Å². The molecule has 0 unspecified atom stereocenters. The molecule has 2 aliphatic carbocycles. The van der Waals surface area contributed by atoms with Crippen LogP contribution < -0.4 is 4.90 Å². The first-order valence-corrected chi connectivity index (χ1v) is 21.5.